The van der Waals surface area contributed by atoms with E-state index >= 15 is 0 Å². The first-order valence-electron chi connectivity index (χ1n) is 8.66. The molecule has 120 valence electrons. The Hall–Kier alpha value is -0.450. The van der Waals surface area contributed by atoms with E-state index < -0.39 is 0 Å². The van der Waals surface area contributed by atoms with Gasteiger partial charge in [0.15, 0.2) is 0 Å². The zero-order valence-corrected chi connectivity index (χ0v) is 13.3. The highest BCUT2D eigenvalue weighted by Gasteiger charge is 2.48. The summed E-state index contributed by atoms with van der Waals surface area (Å²) in [6.07, 6.45) is 7.03. The average molecular weight is 295 g/mol. The molecule has 0 radical (unpaired) electrons. The highest BCUT2D eigenvalue weighted by molar-refractivity contribution is 5.87. The fourth-order valence-corrected chi connectivity index (χ4v) is 4.54. The smallest absolute Gasteiger partial charge is 0.143 e. The Morgan fingerprint density at radius 3 is 2.90 bits per heavy atom. The Labute approximate surface area is 127 Å². The van der Waals surface area contributed by atoms with Gasteiger partial charge < -0.3 is 14.8 Å². The lowest BCUT2D eigenvalue weighted by molar-refractivity contribution is -0.147. The second kappa shape index (κ2) is 6.35. The van der Waals surface area contributed by atoms with Crippen molar-refractivity contribution in [2.45, 2.75) is 57.5 Å². The molecule has 0 saturated carbocycles. The van der Waals surface area contributed by atoms with Crippen molar-refractivity contribution in [2.75, 3.05) is 32.9 Å². The molecule has 1 N–H and O–H groups in total. The Bertz CT molecular complexity index is 365. The molecule has 3 aliphatic heterocycles. The molecule has 0 aromatic carbocycles. The number of hydrogen-bond donors (Lipinski definition) is 1. The number of rotatable bonds is 4. The molecule has 0 bridgehead atoms. The maximum absolute atomic E-state index is 13.3. The van der Waals surface area contributed by atoms with Crippen molar-refractivity contribution in [2.24, 2.45) is 11.3 Å². The van der Waals surface area contributed by atoms with Gasteiger partial charge in [-0.05, 0) is 38.6 Å². The van der Waals surface area contributed by atoms with Crippen LogP contribution in [0.25, 0.3) is 0 Å². The van der Waals surface area contributed by atoms with Crippen molar-refractivity contribution in [3.05, 3.63) is 0 Å². The molecule has 3 unspecified atom stereocenters. The molecule has 21 heavy (non-hydrogen) atoms. The number of piperidine rings is 1. The first-order valence-corrected chi connectivity index (χ1v) is 8.66. The number of carbonyl (C=O) groups excluding carboxylic acids is 1. The molecule has 3 heterocycles. The van der Waals surface area contributed by atoms with E-state index in [9.17, 15) is 4.79 Å². The fraction of sp³-hybridized carbons (Fsp3) is 0.941. The van der Waals surface area contributed by atoms with E-state index in [1.54, 1.807) is 0 Å². The van der Waals surface area contributed by atoms with Crippen LogP contribution in [-0.4, -0.2) is 44.3 Å². The third-order valence-electron chi connectivity index (χ3n) is 5.65. The highest BCUT2D eigenvalue weighted by Crippen LogP contribution is 2.42. The minimum absolute atomic E-state index is 0.115. The van der Waals surface area contributed by atoms with Crippen LogP contribution in [-0.2, 0) is 14.3 Å². The summed E-state index contributed by atoms with van der Waals surface area (Å²) < 4.78 is 11.5. The number of Topliss-reactive ketones (excluding diaryl/α,β-unsaturated/α-hetero) is 1. The minimum Gasteiger partial charge on any atom is -0.378 e. The number of hydrogen-bond acceptors (Lipinski definition) is 4. The van der Waals surface area contributed by atoms with Gasteiger partial charge in [-0.1, -0.05) is 13.3 Å². The summed E-state index contributed by atoms with van der Waals surface area (Å²) in [6.45, 7) is 6.30. The zero-order valence-electron chi connectivity index (χ0n) is 13.3. The highest BCUT2D eigenvalue weighted by atomic mass is 16.6. The topological polar surface area (TPSA) is 47.6 Å². The fourth-order valence-electron chi connectivity index (χ4n) is 4.54. The van der Waals surface area contributed by atoms with Gasteiger partial charge >= 0.3 is 0 Å². The molecule has 0 aromatic heterocycles. The maximum Gasteiger partial charge on any atom is 0.143 e. The summed E-state index contributed by atoms with van der Waals surface area (Å²) in [5, 5.41) is 3.46. The van der Waals surface area contributed by atoms with Gasteiger partial charge in [0.2, 0.25) is 0 Å². The lowest BCUT2D eigenvalue weighted by Gasteiger charge is -2.43. The lowest BCUT2D eigenvalue weighted by Crippen LogP contribution is -2.51. The molecule has 1 spiro atoms. The predicted octanol–water partition coefficient (Wildman–Crippen LogP) is 2.31. The standard InChI is InChI=1S/C17H29NO3/c1-2-5-16(6-3-8-18-12-16)15(19)14-4-9-21-17(11-14)7-10-20-13-17/h14,18H,2-13H2,1H3. The van der Waals surface area contributed by atoms with Crippen LogP contribution < -0.4 is 5.32 Å². The van der Waals surface area contributed by atoms with Crippen LogP contribution in [0.15, 0.2) is 0 Å². The molecule has 3 fully saturated rings. The molecule has 3 rings (SSSR count). The van der Waals surface area contributed by atoms with Crippen LogP contribution in [0.3, 0.4) is 0 Å². The summed E-state index contributed by atoms with van der Waals surface area (Å²) in [7, 11) is 0. The van der Waals surface area contributed by atoms with Gasteiger partial charge in [-0.3, -0.25) is 4.79 Å². The Balaban J connectivity index is 1.72. The number of ether oxygens (including phenoxy) is 2. The SMILES string of the molecule is CCCC1(C(=O)C2CCOC3(CCOC3)C2)CCCNC1. The second-order valence-corrected chi connectivity index (χ2v) is 7.20. The van der Waals surface area contributed by atoms with E-state index in [4.69, 9.17) is 9.47 Å². The van der Waals surface area contributed by atoms with Gasteiger partial charge in [-0.25, -0.2) is 0 Å². The maximum atomic E-state index is 13.3. The Morgan fingerprint density at radius 1 is 1.33 bits per heavy atom. The summed E-state index contributed by atoms with van der Waals surface area (Å²) in [6, 6.07) is 0. The van der Waals surface area contributed by atoms with Crippen molar-refractivity contribution in [1.82, 2.24) is 5.32 Å². The molecular formula is C17H29NO3. The van der Waals surface area contributed by atoms with Crippen molar-refractivity contribution in [1.29, 1.82) is 0 Å². The van der Waals surface area contributed by atoms with Crippen molar-refractivity contribution < 1.29 is 14.3 Å². The minimum atomic E-state index is -0.159. The molecule has 0 aromatic rings. The largest absolute Gasteiger partial charge is 0.378 e. The lowest BCUT2D eigenvalue weighted by atomic mass is 9.67. The van der Waals surface area contributed by atoms with Gasteiger partial charge in [-0.2, -0.15) is 0 Å². The summed E-state index contributed by atoms with van der Waals surface area (Å²) >= 11 is 0. The van der Waals surface area contributed by atoms with Gasteiger partial charge in [0, 0.05) is 37.5 Å². The van der Waals surface area contributed by atoms with E-state index in [0.717, 1.165) is 71.2 Å². The summed E-state index contributed by atoms with van der Waals surface area (Å²) in [4.78, 5) is 13.3. The van der Waals surface area contributed by atoms with Crippen LogP contribution in [0.5, 0.6) is 0 Å². The zero-order chi connectivity index (χ0) is 14.8. The Morgan fingerprint density at radius 2 is 2.24 bits per heavy atom. The van der Waals surface area contributed by atoms with E-state index in [0.29, 0.717) is 12.4 Å². The molecule has 3 saturated heterocycles. The molecule has 0 amide bonds. The van der Waals surface area contributed by atoms with Crippen molar-refractivity contribution in [3.63, 3.8) is 0 Å². The van der Waals surface area contributed by atoms with Crippen LogP contribution >= 0.6 is 0 Å². The summed E-state index contributed by atoms with van der Waals surface area (Å²) in [5.41, 5.74) is -0.274. The van der Waals surface area contributed by atoms with E-state index in [1.807, 2.05) is 0 Å². The Kier molecular flexibility index (Phi) is 4.67. The third kappa shape index (κ3) is 3.03. The third-order valence-corrected chi connectivity index (χ3v) is 5.65. The molecule has 0 aliphatic carbocycles. The summed E-state index contributed by atoms with van der Waals surface area (Å²) in [5.74, 6) is 0.679. The van der Waals surface area contributed by atoms with Crippen LogP contribution in [0.2, 0.25) is 0 Å². The van der Waals surface area contributed by atoms with Gasteiger partial charge in [0.05, 0.1) is 12.2 Å². The van der Waals surface area contributed by atoms with Crippen LogP contribution in [0, 0.1) is 11.3 Å². The normalized spacial score (nSPS) is 40.5. The number of nitrogens with one attached hydrogen (secondary N) is 1. The quantitative estimate of drug-likeness (QED) is 0.864. The van der Waals surface area contributed by atoms with Gasteiger partial charge in [0.25, 0.3) is 0 Å². The van der Waals surface area contributed by atoms with E-state index in [1.165, 1.54) is 0 Å². The second-order valence-electron chi connectivity index (χ2n) is 7.20. The van der Waals surface area contributed by atoms with Crippen LogP contribution in [0.4, 0.5) is 0 Å². The monoisotopic (exact) mass is 295 g/mol. The predicted molar refractivity (Wildman–Crippen MR) is 81.3 cm³/mol. The van der Waals surface area contributed by atoms with Gasteiger partial charge in [0.1, 0.15) is 5.78 Å². The van der Waals surface area contributed by atoms with Gasteiger partial charge in [-0.15, -0.1) is 0 Å². The average Bonchev–Trinajstić information content (AvgIpc) is 2.95. The molecule has 4 nitrogen and oxygen atoms in total. The van der Waals surface area contributed by atoms with Crippen molar-refractivity contribution in [3.8, 4) is 0 Å². The first kappa shape index (κ1) is 15.4. The molecule has 4 heteroatoms. The van der Waals surface area contributed by atoms with E-state index in [2.05, 4.69) is 12.2 Å². The van der Waals surface area contributed by atoms with Crippen LogP contribution in [0.1, 0.15) is 51.9 Å². The van der Waals surface area contributed by atoms with E-state index in [-0.39, 0.29) is 16.9 Å². The number of carbonyl (C=O) groups is 1. The number of ketones is 1. The first-order chi connectivity index (χ1) is 10.2. The molecular weight excluding hydrogens is 266 g/mol. The molecule has 3 atom stereocenters. The van der Waals surface area contributed by atoms with Crippen molar-refractivity contribution >= 4 is 5.78 Å². The molecule has 3 aliphatic rings.